The van der Waals surface area contributed by atoms with E-state index in [-0.39, 0.29) is 0 Å². The highest BCUT2D eigenvalue weighted by atomic mass is 79.9. The summed E-state index contributed by atoms with van der Waals surface area (Å²) in [6.07, 6.45) is 1.65. The summed E-state index contributed by atoms with van der Waals surface area (Å²) in [5.74, 6) is 0.534. The van der Waals surface area contributed by atoms with E-state index < -0.39 is 0 Å². The standard InChI is InChI=1S/C8H10BrClN4/c1-5-8(11-4-14(2)3)13-7(10)6(9)12-5/h4H,1-3H3. The zero-order chi connectivity index (χ0) is 10.7. The molecule has 0 aromatic carbocycles. The first-order valence-corrected chi connectivity index (χ1v) is 5.08. The van der Waals surface area contributed by atoms with E-state index >= 15 is 0 Å². The van der Waals surface area contributed by atoms with Crippen molar-refractivity contribution in [2.24, 2.45) is 4.99 Å². The summed E-state index contributed by atoms with van der Waals surface area (Å²) in [4.78, 5) is 14.2. The van der Waals surface area contributed by atoms with Gasteiger partial charge >= 0.3 is 0 Å². The maximum Gasteiger partial charge on any atom is 0.176 e. The fraction of sp³-hybridized carbons (Fsp3) is 0.375. The molecule has 0 aliphatic heterocycles. The zero-order valence-electron chi connectivity index (χ0n) is 8.12. The number of hydrogen-bond acceptors (Lipinski definition) is 3. The Balaban J connectivity index is 3.04. The molecule has 0 radical (unpaired) electrons. The second-order valence-corrected chi connectivity index (χ2v) is 4.03. The minimum absolute atomic E-state index is 0.321. The number of nitrogens with zero attached hydrogens (tertiary/aromatic N) is 4. The predicted molar refractivity (Wildman–Crippen MR) is 61.3 cm³/mol. The van der Waals surface area contributed by atoms with Crippen LogP contribution in [0.2, 0.25) is 5.15 Å². The third-order valence-electron chi connectivity index (χ3n) is 1.37. The van der Waals surface area contributed by atoms with Gasteiger partial charge in [-0.05, 0) is 22.9 Å². The molecule has 0 unspecified atom stereocenters. The van der Waals surface area contributed by atoms with Crippen LogP contribution < -0.4 is 0 Å². The Morgan fingerprint density at radius 2 is 2.07 bits per heavy atom. The van der Waals surface area contributed by atoms with Crippen LogP contribution in [0.25, 0.3) is 0 Å². The van der Waals surface area contributed by atoms with E-state index in [0.717, 1.165) is 5.69 Å². The quantitative estimate of drug-likeness (QED) is 0.616. The lowest BCUT2D eigenvalue weighted by Crippen LogP contribution is -2.07. The Morgan fingerprint density at radius 3 is 2.64 bits per heavy atom. The van der Waals surface area contributed by atoms with Crippen molar-refractivity contribution in [2.45, 2.75) is 6.92 Å². The molecule has 0 aliphatic rings. The number of aryl methyl sites for hydroxylation is 1. The summed E-state index contributed by atoms with van der Waals surface area (Å²) in [5, 5.41) is 0.321. The van der Waals surface area contributed by atoms with Crippen molar-refractivity contribution >= 4 is 39.7 Å². The topological polar surface area (TPSA) is 41.4 Å². The molecule has 0 amide bonds. The fourth-order valence-electron chi connectivity index (χ4n) is 0.756. The van der Waals surface area contributed by atoms with Gasteiger partial charge in [0.2, 0.25) is 0 Å². The van der Waals surface area contributed by atoms with E-state index in [1.165, 1.54) is 0 Å². The SMILES string of the molecule is Cc1nc(Br)c(Cl)nc1N=CN(C)C. The highest BCUT2D eigenvalue weighted by molar-refractivity contribution is 9.10. The molecule has 0 bridgehead atoms. The fourth-order valence-corrected chi connectivity index (χ4v) is 1.23. The normalized spacial score (nSPS) is 10.9. The van der Waals surface area contributed by atoms with Gasteiger partial charge in [-0.2, -0.15) is 0 Å². The van der Waals surface area contributed by atoms with E-state index in [9.17, 15) is 0 Å². The maximum atomic E-state index is 5.79. The second kappa shape index (κ2) is 4.70. The highest BCUT2D eigenvalue weighted by Crippen LogP contribution is 2.23. The molecule has 14 heavy (non-hydrogen) atoms. The average molecular weight is 278 g/mol. The van der Waals surface area contributed by atoms with E-state index in [1.807, 2.05) is 25.9 Å². The minimum atomic E-state index is 0.321. The van der Waals surface area contributed by atoms with Gasteiger partial charge < -0.3 is 4.90 Å². The Labute approximate surface area is 96.2 Å². The molecule has 0 aliphatic carbocycles. The van der Waals surface area contributed by atoms with Crippen molar-refractivity contribution in [1.29, 1.82) is 0 Å². The molecule has 0 saturated heterocycles. The van der Waals surface area contributed by atoms with Crippen molar-refractivity contribution in [3.8, 4) is 0 Å². The Kier molecular flexibility index (Phi) is 3.83. The van der Waals surface area contributed by atoms with E-state index in [1.54, 1.807) is 6.34 Å². The molecule has 76 valence electrons. The molecule has 0 fully saturated rings. The monoisotopic (exact) mass is 276 g/mol. The summed E-state index contributed by atoms with van der Waals surface area (Å²) >= 11 is 8.99. The van der Waals surface area contributed by atoms with Crippen molar-refractivity contribution in [1.82, 2.24) is 14.9 Å². The van der Waals surface area contributed by atoms with Gasteiger partial charge in [-0.3, -0.25) is 0 Å². The van der Waals surface area contributed by atoms with Gasteiger partial charge in [0.25, 0.3) is 0 Å². The smallest absolute Gasteiger partial charge is 0.176 e. The van der Waals surface area contributed by atoms with Gasteiger partial charge in [0.15, 0.2) is 11.0 Å². The molecular weight excluding hydrogens is 267 g/mol. The molecule has 1 aromatic rings. The summed E-state index contributed by atoms with van der Waals surface area (Å²) in [6.45, 7) is 1.83. The molecule has 1 rings (SSSR count). The Hall–Kier alpha value is -0.680. The van der Waals surface area contributed by atoms with Crippen LogP contribution >= 0.6 is 27.5 Å². The molecule has 1 aromatic heterocycles. The lowest BCUT2D eigenvalue weighted by atomic mass is 10.4. The average Bonchev–Trinajstić information content (AvgIpc) is 2.09. The van der Waals surface area contributed by atoms with Crippen LogP contribution in [0.1, 0.15) is 5.69 Å². The van der Waals surface area contributed by atoms with Gasteiger partial charge in [-0.15, -0.1) is 0 Å². The first-order valence-electron chi connectivity index (χ1n) is 3.91. The van der Waals surface area contributed by atoms with Crippen molar-refractivity contribution in [2.75, 3.05) is 14.1 Å². The molecule has 0 spiro atoms. The Morgan fingerprint density at radius 1 is 1.43 bits per heavy atom. The zero-order valence-corrected chi connectivity index (χ0v) is 10.5. The first kappa shape index (κ1) is 11.4. The number of aliphatic imine (C=N–C) groups is 1. The number of halogens is 2. The molecule has 1 heterocycles. The van der Waals surface area contributed by atoms with Crippen LogP contribution in [0.3, 0.4) is 0 Å². The third kappa shape index (κ3) is 2.92. The molecule has 0 N–H and O–H groups in total. The maximum absolute atomic E-state index is 5.79. The van der Waals surface area contributed by atoms with Crippen molar-refractivity contribution < 1.29 is 0 Å². The van der Waals surface area contributed by atoms with Crippen LogP contribution in [-0.4, -0.2) is 35.3 Å². The summed E-state index contributed by atoms with van der Waals surface area (Å²) in [7, 11) is 3.76. The van der Waals surface area contributed by atoms with Crippen LogP contribution in [-0.2, 0) is 0 Å². The van der Waals surface area contributed by atoms with Crippen molar-refractivity contribution in [3.63, 3.8) is 0 Å². The number of rotatable bonds is 2. The summed E-state index contributed by atoms with van der Waals surface area (Å²) in [5.41, 5.74) is 0.736. The summed E-state index contributed by atoms with van der Waals surface area (Å²) in [6, 6.07) is 0. The first-order chi connectivity index (χ1) is 6.50. The molecule has 4 nitrogen and oxygen atoms in total. The van der Waals surface area contributed by atoms with Crippen LogP contribution in [0.15, 0.2) is 9.60 Å². The Bertz CT molecular complexity index is 365. The summed E-state index contributed by atoms with van der Waals surface area (Å²) < 4.78 is 0.542. The van der Waals surface area contributed by atoms with Crippen LogP contribution in [0.5, 0.6) is 0 Å². The number of aromatic nitrogens is 2. The third-order valence-corrected chi connectivity index (χ3v) is 2.42. The largest absolute Gasteiger partial charge is 0.369 e. The number of hydrogen-bond donors (Lipinski definition) is 0. The predicted octanol–water partition coefficient (Wildman–Crippen LogP) is 2.42. The second-order valence-electron chi connectivity index (χ2n) is 2.92. The van der Waals surface area contributed by atoms with Crippen LogP contribution in [0.4, 0.5) is 5.82 Å². The van der Waals surface area contributed by atoms with Crippen LogP contribution in [0, 0.1) is 6.92 Å². The van der Waals surface area contributed by atoms with Gasteiger partial charge in [-0.25, -0.2) is 15.0 Å². The van der Waals surface area contributed by atoms with Gasteiger partial charge in [0, 0.05) is 14.1 Å². The van der Waals surface area contributed by atoms with Gasteiger partial charge in [0.05, 0.1) is 12.0 Å². The molecule has 0 atom stereocenters. The van der Waals surface area contributed by atoms with E-state index in [4.69, 9.17) is 11.6 Å². The lowest BCUT2D eigenvalue weighted by Gasteiger charge is -2.04. The molecule has 6 heteroatoms. The minimum Gasteiger partial charge on any atom is -0.369 e. The highest BCUT2D eigenvalue weighted by Gasteiger charge is 2.05. The molecule has 0 saturated carbocycles. The van der Waals surface area contributed by atoms with E-state index in [2.05, 4.69) is 30.9 Å². The van der Waals surface area contributed by atoms with E-state index in [0.29, 0.717) is 15.6 Å². The van der Waals surface area contributed by atoms with Gasteiger partial charge in [0.1, 0.15) is 4.60 Å². The van der Waals surface area contributed by atoms with Crippen molar-refractivity contribution in [3.05, 3.63) is 15.5 Å². The molecular formula is C8H10BrClN4. The van der Waals surface area contributed by atoms with Gasteiger partial charge in [-0.1, -0.05) is 11.6 Å². The lowest BCUT2D eigenvalue weighted by molar-refractivity contribution is 0.643.